The van der Waals surface area contributed by atoms with Crippen LogP contribution in [0.2, 0.25) is 0 Å². The molecule has 0 saturated heterocycles. The number of rotatable bonds is 8. The first-order chi connectivity index (χ1) is 9.88. The van der Waals surface area contributed by atoms with E-state index in [1.807, 2.05) is 13.8 Å². The Morgan fingerprint density at radius 1 is 1.29 bits per heavy atom. The summed E-state index contributed by atoms with van der Waals surface area (Å²) in [6.45, 7) is 4.36. The summed E-state index contributed by atoms with van der Waals surface area (Å²) in [4.78, 5) is 10.1. The van der Waals surface area contributed by atoms with E-state index in [0.29, 0.717) is 25.9 Å². The molecular formula is C12H20N4O4S. The van der Waals surface area contributed by atoms with Crippen molar-refractivity contribution in [3.8, 4) is 0 Å². The van der Waals surface area contributed by atoms with Gasteiger partial charge in [-0.25, -0.2) is 8.42 Å². The first kappa shape index (κ1) is 17.3. The van der Waals surface area contributed by atoms with Gasteiger partial charge in [0.15, 0.2) is 4.90 Å². The van der Waals surface area contributed by atoms with E-state index in [4.69, 9.17) is 5.84 Å². The van der Waals surface area contributed by atoms with E-state index in [1.165, 1.54) is 16.4 Å². The average molecular weight is 316 g/mol. The highest BCUT2D eigenvalue weighted by molar-refractivity contribution is 7.89. The van der Waals surface area contributed by atoms with Crippen LogP contribution < -0.4 is 11.3 Å². The topological polar surface area (TPSA) is 119 Å². The third-order valence-corrected chi connectivity index (χ3v) is 4.83. The zero-order chi connectivity index (χ0) is 16.0. The maximum Gasteiger partial charge on any atom is 0.291 e. The van der Waals surface area contributed by atoms with Gasteiger partial charge in [0, 0.05) is 19.2 Å². The zero-order valence-corrected chi connectivity index (χ0v) is 12.9. The Morgan fingerprint density at radius 2 is 1.86 bits per heavy atom. The molecule has 1 aromatic rings. The largest absolute Gasteiger partial charge is 0.324 e. The fourth-order valence-corrected chi connectivity index (χ4v) is 3.72. The lowest BCUT2D eigenvalue weighted by Crippen LogP contribution is -2.33. The molecule has 0 radical (unpaired) electrons. The summed E-state index contributed by atoms with van der Waals surface area (Å²) in [7, 11) is -3.90. The second-order valence-electron chi connectivity index (χ2n) is 4.49. The fraction of sp³-hybridized carbons (Fsp3) is 0.500. The Morgan fingerprint density at radius 3 is 2.29 bits per heavy atom. The van der Waals surface area contributed by atoms with Gasteiger partial charge >= 0.3 is 0 Å². The van der Waals surface area contributed by atoms with Crippen LogP contribution in [0.15, 0.2) is 23.1 Å². The predicted octanol–water partition coefficient (Wildman–Crippen LogP) is 1.69. The van der Waals surface area contributed by atoms with Gasteiger partial charge in [-0.3, -0.25) is 16.0 Å². The molecule has 0 fully saturated rings. The van der Waals surface area contributed by atoms with Crippen molar-refractivity contribution in [3.63, 3.8) is 0 Å². The highest BCUT2D eigenvalue weighted by Crippen LogP contribution is 2.29. The van der Waals surface area contributed by atoms with Crippen LogP contribution in [-0.2, 0) is 10.0 Å². The number of anilines is 1. The summed E-state index contributed by atoms with van der Waals surface area (Å²) < 4.78 is 26.5. The second-order valence-corrected chi connectivity index (χ2v) is 6.39. The van der Waals surface area contributed by atoms with Gasteiger partial charge in [-0.1, -0.05) is 13.8 Å². The van der Waals surface area contributed by atoms with E-state index in [0.717, 1.165) is 6.07 Å². The van der Waals surface area contributed by atoms with E-state index in [2.05, 4.69) is 5.43 Å². The van der Waals surface area contributed by atoms with Gasteiger partial charge in [-0.05, 0) is 25.0 Å². The summed E-state index contributed by atoms with van der Waals surface area (Å²) in [5.41, 5.74) is 2.06. The van der Waals surface area contributed by atoms with Gasteiger partial charge in [-0.2, -0.15) is 4.31 Å². The number of nitrogens with one attached hydrogen (secondary N) is 1. The minimum Gasteiger partial charge on any atom is -0.324 e. The number of nitrogen functional groups attached to an aromatic ring is 1. The van der Waals surface area contributed by atoms with Crippen LogP contribution in [0.4, 0.5) is 11.4 Å². The highest BCUT2D eigenvalue weighted by atomic mass is 32.2. The molecule has 0 aliphatic carbocycles. The van der Waals surface area contributed by atoms with E-state index in [-0.39, 0.29) is 10.6 Å². The lowest BCUT2D eigenvalue weighted by molar-refractivity contribution is -0.387. The number of nitro groups is 1. The number of hydrogen-bond donors (Lipinski definition) is 2. The minimum absolute atomic E-state index is 0.276. The molecule has 118 valence electrons. The van der Waals surface area contributed by atoms with Gasteiger partial charge in [-0.15, -0.1) is 0 Å². The molecule has 0 heterocycles. The number of nitro benzene ring substituents is 1. The molecule has 1 rings (SSSR count). The Bertz CT molecular complexity index is 597. The van der Waals surface area contributed by atoms with Crippen LogP contribution in [0.1, 0.15) is 26.7 Å². The quantitative estimate of drug-likeness (QED) is 0.428. The summed E-state index contributed by atoms with van der Waals surface area (Å²) in [5.74, 6) is 5.20. The van der Waals surface area contributed by atoms with Crippen molar-refractivity contribution < 1.29 is 13.3 Å². The summed E-state index contributed by atoms with van der Waals surface area (Å²) in [6, 6.07) is 3.72. The van der Waals surface area contributed by atoms with E-state index < -0.39 is 20.6 Å². The van der Waals surface area contributed by atoms with Gasteiger partial charge in [0.25, 0.3) is 5.69 Å². The van der Waals surface area contributed by atoms with E-state index >= 15 is 0 Å². The summed E-state index contributed by atoms with van der Waals surface area (Å²) in [6.07, 6.45) is 1.27. The van der Waals surface area contributed by atoms with Crippen LogP contribution in [0.25, 0.3) is 0 Å². The van der Waals surface area contributed by atoms with Gasteiger partial charge in [0.05, 0.1) is 10.6 Å². The molecule has 0 aliphatic rings. The number of benzene rings is 1. The third kappa shape index (κ3) is 3.90. The van der Waals surface area contributed by atoms with Gasteiger partial charge in [0.1, 0.15) is 0 Å². The molecule has 9 heteroatoms. The zero-order valence-electron chi connectivity index (χ0n) is 12.1. The molecule has 0 spiro atoms. The Balaban J connectivity index is 3.38. The molecule has 1 aromatic carbocycles. The molecule has 8 nitrogen and oxygen atoms in total. The molecular weight excluding hydrogens is 296 g/mol. The lowest BCUT2D eigenvalue weighted by Gasteiger charge is -2.21. The summed E-state index contributed by atoms with van der Waals surface area (Å²) >= 11 is 0. The molecule has 0 saturated carbocycles. The maximum atomic E-state index is 12.6. The molecule has 0 aliphatic heterocycles. The maximum absolute atomic E-state index is 12.6. The molecule has 0 atom stereocenters. The number of nitrogens with two attached hydrogens (primary N) is 1. The standard InChI is InChI=1S/C12H20N4O4S/c1-3-7-15(8-4-2)21(19,20)12-6-5-10(14-13)9-11(12)16(17)18/h5-6,9,14H,3-4,7-8,13H2,1-2H3. The first-order valence-electron chi connectivity index (χ1n) is 6.63. The Labute approximate surface area is 124 Å². The smallest absolute Gasteiger partial charge is 0.291 e. The third-order valence-electron chi connectivity index (χ3n) is 2.89. The summed E-state index contributed by atoms with van der Waals surface area (Å²) in [5, 5.41) is 11.1. The number of hydrogen-bond acceptors (Lipinski definition) is 6. The van der Waals surface area contributed by atoms with Crippen LogP contribution in [0.3, 0.4) is 0 Å². The van der Waals surface area contributed by atoms with E-state index in [9.17, 15) is 18.5 Å². The lowest BCUT2D eigenvalue weighted by atomic mass is 10.3. The Hall–Kier alpha value is -1.71. The normalized spacial score (nSPS) is 11.6. The molecule has 3 N–H and O–H groups in total. The Kier molecular flexibility index (Phi) is 6.06. The molecule has 0 amide bonds. The number of hydrazine groups is 1. The molecule has 0 bridgehead atoms. The second kappa shape index (κ2) is 7.34. The van der Waals surface area contributed by atoms with Crippen LogP contribution in [-0.4, -0.2) is 30.7 Å². The van der Waals surface area contributed by atoms with Crippen LogP contribution in [0.5, 0.6) is 0 Å². The van der Waals surface area contributed by atoms with Crippen molar-refractivity contribution in [2.75, 3.05) is 18.5 Å². The van der Waals surface area contributed by atoms with Crippen LogP contribution >= 0.6 is 0 Å². The minimum atomic E-state index is -3.90. The van der Waals surface area contributed by atoms with Crippen molar-refractivity contribution in [2.24, 2.45) is 5.84 Å². The number of sulfonamides is 1. The first-order valence-corrected chi connectivity index (χ1v) is 8.07. The van der Waals surface area contributed by atoms with Crippen LogP contribution in [0, 0.1) is 10.1 Å². The van der Waals surface area contributed by atoms with Crippen molar-refractivity contribution in [1.29, 1.82) is 0 Å². The molecule has 0 aromatic heterocycles. The van der Waals surface area contributed by atoms with E-state index in [1.54, 1.807) is 0 Å². The highest BCUT2D eigenvalue weighted by Gasteiger charge is 2.31. The monoisotopic (exact) mass is 316 g/mol. The number of nitrogens with zero attached hydrogens (tertiary/aromatic N) is 2. The SMILES string of the molecule is CCCN(CCC)S(=O)(=O)c1ccc(NN)cc1[N+](=O)[O-]. The van der Waals surface area contributed by atoms with Gasteiger partial charge < -0.3 is 5.43 Å². The van der Waals surface area contributed by atoms with Crippen molar-refractivity contribution >= 4 is 21.4 Å². The average Bonchev–Trinajstić information content (AvgIpc) is 2.46. The molecule has 0 unspecified atom stereocenters. The fourth-order valence-electron chi connectivity index (χ4n) is 1.96. The predicted molar refractivity (Wildman–Crippen MR) is 80.2 cm³/mol. The van der Waals surface area contributed by atoms with Crippen molar-refractivity contribution in [3.05, 3.63) is 28.3 Å². The van der Waals surface area contributed by atoms with Crippen molar-refractivity contribution in [1.82, 2.24) is 4.31 Å². The van der Waals surface area contributed by atoms with Gasteiger partial charge in [0.2, 0.25) is 10.0 Å². The van der Waals surface area contributed by atoms with Crippen molar-refractivity contribution in [2.45, 2.75) is 31.6 Å². The molecule has 21 heavy (non-hydrogen) atoms.